The number of piperidine rings is 1. The molecular formula is C16H23N5. The van der Waals surface area contributed by atoms with Gasteiger partial charge < -0.3 is 5.32 Å². The highest BCUT2D eigenvalue weighted by Crippen LogP contribution is 2.21. The summed E-state index contributed by atoms with van der Waals surface area (Å²) in [4.78, 5) is 9.20. The van der Waals surface area contributed by atoms with Crippen LogP contribution in [-0.4, -0.2) is 32.8 Å². The van der Waals surface area contributed by atoms with E-state index in [0.29, 0.717) is 6.04 Å². The van der Waals surface area contributed by atoms with Gasteiger partial charge in [-0.15, -0.1) is 0 Å². The Morgan fingerprint density at radius 2 is 2.10 bits per heavy atom. The molecule has 0 unspecified atom stereocenters. The molecule has 21 heavy (non-hydrogen) atoms. The fourth-order valence-electron chi connectivity index (χ4n) is 2.94. The highest BCUT2D eigenvalue weighted by atomic mass is 15.3. The van der Waals surface area contributed by atoms with Crippen LogP contribution in [0, 0.1) is 5.92 Å². The molecule has 3 heterocycles. The van der Waals surface area contributed by atoms with E-state index in [2.05, 4.69) is 29.2 Å². The van der Waals surface area contributed by atoms with E-state index in [1.807, 2.05) is 29.3 Å². The Bertz CT molecular complexity index is 584. The van der Waals surface area contributed by atoms with Crippen molar-refractivity contribution in [2.24, 2.45) is 5.92 Å². The molecule has 0 radical (unpaired) electrons. The molecule has 3 rings (SSSR count). The average molecular weight is 285 g/mol. The lowest BCUT2D eigenvalue weighted by Crippen LogP contribution is -2.28. The first-order valence-electron chi connectivity index (χ1n) is 7.79. The molecule has 0 atom stereocenters. The molecule has 2 aromatic heterocycles. The molecule has 5 nitrogen and oxygen atoms in total. The summed E-state index contributed by atoms with van der Waals surface area (Å²) in [5.74, 6) is 0.728. The van der Waals surface area contributed by atoms with E-state index in [1.165, 1.54) is 12.8 Å². The third kappa shape index (κ3) is 3.29. The molecule has 2 aromatic rings. The first-order valence-corrected chi connectivity index (χ1v) is 7.79. The molecular weight excluding hydrogens is 262 g/mol. The van der Waals surface area contributed by atoms with Crippen molar-refractivity contribution in [3.05, 3.63) is 30.4 Å². The molecule has 0 saturated carbocycles. The molecule has 1 aliphatic rings. The van der Waals surface area contributed by atoms with Crippen molar-refractivity contribution in [1.82, 2.24) is 25.1 Å². The van der Waals surface area contributed by atoms with Crippen molar-refractivity contribution in [3.8, 4) is 11.4 Å². The molecule has 0 aromatic carbocycles. The lowest BCUT2D eigenvalue weighted by Gasteiger charge is -2.22. The van der Waals surface area contributed by atoms with Gasteiger partial charge in [0.25, 0.3) is 0 Å². The van der Waals surface area contributed by atoms with Crippen LogP contribution in [-0.2, 0) is 6.42 Å². The van der Waals surface area contributed by atoms with Crippen LogP contribution in [0.2, 0.25) is 0 Å². The Kier molecular flexibility index (Phi) is 4.29. The fraction of sp³-hybridized carbons (Fsp3) is 0.562. The normalized spacial score (nSPS) is 16.5. The quantitative estimate of drug-likeness (QED) is 0.937. The zero-order chi connectivity index (χ0) is 14.7. The van der Waals surface area contributed by atoms with Crippen LogP contribution in [0.3, 0.4) is 0 Å². The van der Waals surface area contributed by atoms with Crippen LogP contribution in [0.4, 0.5) is 0 Å². The minimum atomic E-state index is 0.324. The van der Waals surface area contributed by atoms with Crippen LogP contribution in [0.5, 0.6) is 0 Å². The van der Waals surface area contributed by atoms with Crippen molar-refractivity contribution < 1.29 is 0 Å². The van der Waals surface area contributed by atoms with E-state index in [9.17, 15) is 0 Å². The van der Waals surface area contributed by atoms with Gasteiger partial charge in [-0.2, -0.15) is 5.10 Å². The number of nitrogens with one attached hydrogen (secondary N) is 1. The van der Waals surface area contributed by atoms with E-state index >= 15 is 0 Å². The van der Waals surface area contributed by atoms with Gasteiger partial charge in [-0.25, -0.2) is 4.98 Å². The summed E-state index contributed by atoms with van der Waals surface area (Å²) < 4.78 is 2.00. The molecule has 5 heteroatoms. The van der Waals surface area contributed by atoms with Crippen molar-refractivity contribution >= 4 is 0 Å². The predicted octanol–water partition coefficient (Wildman–Crippen LogP) is 2.46. The van der Waals surface area contributed by atoms with Gasteiger partial charge in [-0.1, -0.05) is 0 Å². The van der Waals surface area contributed by atoms with Gasteiger partial charge in [0, 0.05) is 18.4 Å². The maximum atomic E-state index is 4.81. The van der Waals surface area contributed by atoms with Crippen molar-refractivity contribution in [3.63, 3.8) is 0 Å². The highest BCUT2D eigenvalue weighted by Gasteiger charge is 2.16. The number of aromatic nitrogens is 4. The second-order valence-electron chi connectivity index (χ2n) is 6.05. The third-order valence-electron chi connectivity index (χ3n) is 4.06. The first-order chi connectivity index (χ1) is 10.2. The Labute approximate surface area is 125 Å². The molecule has 0 spiro atoms. The molecule has 1 aliphatic heterocycles. The van der Waals surface area contributed by atoms with Gasteiger partial charge in [0.1, 0.15) is 5.69 Å². The van der Waals surface area contributed by atoms with Gasteiger partial charge >= 0.3 is 0 Å². The van der Waals surface area contributed by atoms with Crippen LogP contribution in [0.1, 0.15) is 38.4 Å². The summed E-state index contributed by atoms with van der Waals surface area (Å²) >= 11 is 0. The molecule has 0 amide bonds. The number of hydrogen-bond donors (Lipinski definition) is 1. The van der Waals surface area contributed by atoms with E-state index in [4.69, 9.17) is 4.98 Å². The molecule has 0 bridgehead atoms. The Morgan fingerprint density at radius 3 is 2.86 bits per heavy atom. The van der Waals surface area contributed by atoms with Gasteiger partial charge in [-0.05, 0) is 58.2 Å². The van der Waals surface area contributed by atoms with Crippen molar-refractivity contribution in [2.75, 3.05) is 13.1 Å². The lowest BCUT2D eigenvalue weighted by atomic mass is 9.93. The summed E-state index contributed by atoms with van der Waals surface area (Å²) in [6.07, 6.45) is 9.06. The summed E-state index contributed by atoms with van der Waals surface area (Å²) in [5, 5.41) is 7.78. The van der Waals surface area contributed by atoms with Crippen LogP contribution < -0.4 is 5.32 Å². The van der Waals surface area contributed by atoms with Crippen molar-refractivity contribution in [2.45, 2.75) is 39.2 Å². The zero-order valence-corrected chi connectivity index (χ0v) is 12.8. The second-order valence-corrected chi connectivity index (χ2v) is 6.05. The largest absolute Gasteiger partial charge is 0.317 e. The summed E-state index contributed by atoms with van der Waals surface area (Å²) in [5.41, 5.74) is 3.06. The Hall–Kier alpha value is -1.75. The molecule has 1 saturated heterocycles. The monoisotopic (exact) mass is 285 g/mol. The smallest absolute Gasteiger partial charge is 0.107 e. The SMILES string of the molecule is CC(C)n1nccc1-c1cncc(CC2CCNCC2)n1. The van der Waals surface area contributed by atoms with Gasteiger partial charge in [0.2, 0.25) is 0 Å². The fourth-order valence-corrected chi connectivity index (χ4v) is 2.94. The number of hydrogen-bond acceptors (Lipinski definition) is 4. The minimum absolute atomic E-state index is 0.324. The van der Waals surface area contributed by atoms with Gasteiger partial charge in [0.05, 0.1) is 17.6 Å². The zero-order valence-electron chi connectivity index (χ0n) is 12.8. The second kappa shape index (κ2) is 6.35. The average Bonchev–Trinajstić information content (AvgIpc) is 2.98. The van der Waals surface area contributed by atoms with Crippen LogP contribution >= 0.6 is 0 Å². The van der Waals surface area contributed by atoms with E-state index in [-0.39, 0.29) is 0 Å². The highest BCUT2D eigenvalue weighted by molar-refractivity contribution is 5.53. The van der Waals surface area contributed by atoms with E-state index < -0.39 is 0 Å². The van der Waals surface area contributed by atoms with Crippen molar-refractivity contribution in [1.29, 1.82) is 0 Å². The van der Waals surface area contributed by atoms with Gasteiger partial charge in [0.15, 0.2) is 0 Å². The molecule has 1 fully saturated rings. The first kappa shape index (κ1) is 14.2. The lowest BCUT2D eigenvalue weighted by molar-refractivity contribution is 0.370. The van der Waals surface area contributed by atoms with Crippen LogP contribution in [0.15, 0.2) is 24.7 Å². The van der Waals surface area contributed by atoms with Gasteiger partial charge in [-0.3, -0.25) is 9.67 Å². The van der Waals surface area contributed by atoms with E-state index in [0.717, 1.165) is 42.5 Å². The summed E-state index contributed by atoms with van der Waals surface area (Å²) in [6.45, 7) is 6.50. The predicted molar refractivity (Wildman–Crippen MR) is 82.9 cm³/mol. The maximum Gasteiger partial charge on any atom is 0.107 e. The minimum Gasteiger partial charge on any atom is -0.317 e. The topological polar surface area (TPSA) is 55.6 Å². The summed E-state index contributed by atoms with van der Waals surface area (Å²) in [7, 11) is 0. The number of rotatable bonds is 4. The Morgan fingerprint density at radius 1 is 1.29 bits per heavy atom. The third-order valence-corrected chi connectivity index (χ3v) is 4.06. The maximum absolute atomic E-state index is 4.81. The molecule has 0 aliphatic carbocycles. The standard InChI is InChI=1S/C16H23N5/c1-12(2)21-16(5-8-19-21)15-11-18-10-14(20-15)9-13-3-6-17-7-4-13/h5,8,10-13,17H,3-4,6-7,9H2,1-2H3. The molecule has 1 N–H and O–H groups in total. The van der Waals surface area contributed by atoms with E-state index in [1.54, 1.807) is 0 Å². The van der Waals surface area contributed by atoms with Crippen LogP contribution in [0.25, 0.3) is 11.4 Å². The summed E-state index contributed by atoms with van der Waals surface area (Å²) in [6, 6.07) is 2.34. The number of nitrogens with zero attached hydrogens (tertiary/aromatic N) is 4. The molecule has 112 valence electrons. The Balaban J connectivity index is 1.80.